The zero-order valence-corrected chi connectivity index (χ0v) is 14.6. The summed E-state index contributed by atoms with van der Waals surface area (Å²) in [4.78, 5) is 2.51. The van der Waals surface area contributed by atoms with E-state index in [2.05, 4.69) is 4.90 Å². The Kier molecular flexibility index (Phi) is 5.09. The average Bonchev–Trinajstić information content (AvgIpc) is 3.06. The number of ether oxygens (including phenoxy) is 1. The van der Waals surface area contributed by atoms with Crippen molar-refractivity contribution in [3.8, 4) is 0 Å². The summed E-state index contributed by atoms with van der Waals surface area (Å²) in [5, 5.41) is 0. The lowest BCUT2D eigenvalue weighted by Crippen LogP contribution is -2.40. The Morgan fingerprint density at radius 1 is 1.14 bits per heavy atom. The Morgan fingerprint density at radius 3 is 2.55 bits per heavy atom. The predicted molar refractivity (Wildman–Crippen MR) is 85.8 cm³/mol. The molecule has 2 heterocycles. The van der Waals surface area contributed by atoms with Gasteiger partial charge in [0, 0.05) is 52.7 Å². The number of nitrogens with zero attached hydrogens (tertiary/aromatic N) is 3. The number of hydrogen-bond donors (Lipinski definition) is 0. The van der Waals surface area contributed by atoms with Gasteiger partial charge in [-0.05, 0) is 18.8 Å². The van der Waals surface area contributed by atoms with E-state index in [0.717, 1.165) is 32.2 Å². The van der Waals surface area contributed by atoms with Crippen LogP contribution in [0.3, 0.4) is 0 Å². The van der Waals surface area contributed by atoms with Gasteiger partial charge in [0.1, 0.15) is 0 Å². The van der Waals surface area contributed by atoms with Crippen molar-refractivity contribution < 1.29 is 13.2 Å². The molecule has 1 saturated carbocycles. The normalized spacial score (nSPS) is 32.5. The highest BCUT2D eigenvalue weighted by Gasteiger charge is 2.42. The molecule has 3 aliphatic rings. The molecular formula is C15H29N3O3S. The molecule has 7 heteroatoms. The Morgan fingerprint density at radius 2 is 1.86 bits per heavy atom. The van der Waals surface area contributed by atoms with Gasteiger partial charge in [0.25, 0.3) is 10.2 Å². The molecule has 1 aliphatic carbocycles. The molecule has 0 aromatic heterocycles. The van der Waals surface area contributed by atoms with Crippen molar-refractivity contribution in [2.75, 3.05) is 53.4 Å². The summed E-state index contributed by atoms with van der Waals surface area (Å²) in [6.45, 7) is 4.94. The largest absolute Gasteiger partial charge is 0.375 e. The Balaban J connectivity index is 1.61. The molecule has 22 heavy (non-hydrogen) atoms. The molecule has 0 amide bonds. The highest BCUT2D eigenvalue weighted by atomic mass is 32.2. The van der Waals surface area contributed by atoms with E-state index in [1.807, 2.05) is 0 Å². The number of rotatable bonds is 4. The monoisotopic (exact) mass is 331 g/mol. The summed E-state index contributed by atoms with van der Waals surface area (Å²) in [7, 11) is -0.130. The van der Waals surface area contributed by atoms with Gasteiger partial charge in [-0.3, -0.25) is 0 Å². The number of fused-ring (bicyclic) bond motifs is 1. The van der Waals surface area contributed by atoms with E-state index >= 15 is 0 Å². The molecule has 2 atom stereocenters. The molecule has 128 valence electrons. The summed E-state index contributed by atoms with van der Waals surface area (Å²) >= 11 is 0. The van der Waals surface area contributed by atoms with E-state index in [0.29, 0.717) is 19.0 Å². The summed E-state index contributed by atoms with van der Waals surface area (Å²) in [6.07, 6.45) is 5.51. The third kappa shape index (κ3) is 3.48. The molecule has 2 saturated heterocycles. The van der Waals surface area contributed by atoms with Crippen LogP contribution in [0.1, 0.15) is 25.7 Å². The second-order valence-electron chi connectivity index (χ2n) is 7.19. The Bertz CT molecular complexity index is 476. The van der Waals surface area contributed by atoms with Crippen LogP contribution in [-0.4, -0.2) is 81.5 Å². The highest BCUT2D eigenvalue weighted by Crippen LogP contribution is 2.29. The van der Waals surface area contributed by atoms with Crippen molar-refractivity contribution in [2.24, 2.45) is 11.8 Å². The lowest BCUT2D eigenvalue weighted by atomic mass is 10.0. The van der Waals surface area contributed by atoms with E-state index in [1.54, 1.807) is 18.4 Å². The topological polar surface area (TPSA) is 53.1 Å². The van der Waals surface area contributed by atoms with E-state index in [9.17, 15) is 8.42 Å². The van der Waals surface area contributed by atoms with E-state index < -0.39 is 10.2 Å². The van der Waals surface area contributed by atoms with Gasteiger partial charge < -0.3 is 9.64 Å². The van der Waals surface area contributed by atoms with E-state index in [1.165, 1.54) is 30.0 Å². The average molecular weight is 331 g/mol. The van der Waals surface area contributed by atoms with Gasteiger partial charge in [0.2, 0.25) is 0 Å². The van der Waals surface area contributed by atoms with E-state index in [4.69, 9.17) is 4.74 Å². The maximum atomic E-state index is 12.3. The molecule has 0 spiro atoms. The van der Waals surface area contributed by atoms with Gasteiger partial charge in [0.15, 0.2) is 0 Å². The van der Waals surface area contributed by atoms with Crippen molar-refractivity contribution >= 4 is 10.2 Å². The Hall–Kier alpha value is -0.210. The predicted octanol–water partition coefficient (Wildman–Crippen LogP) is 0.616. The minimum Gasteiger partial charge on any atom is -0.375 e. The molecule has 6 nitrogen and oxygen atoms in total. The highest BCUT2D eigenvalue weighted by molar-refractivity contribution is 7.86. The van der Waals surface area contributed by atoms with Crippen LogP contribution in [0, 0.1) is 11.8 Å². The van der Waals surface area contributed by atoms with Crippen LogP contribution < -0.4 is 0 Å². The van der Waals surface area contributed by atoms with Crippen LogP contribution in [-0.2, 0) is 14.9 Å². The van der Waals surface area contributed by atoms with Gasteiger partial charge in [-0.25, -0.2) is 0 Å². The summed E-state index contributed by atoms with van der Waals surface area (Å²) in [5.74, 6) is 1.14. The molecule has 0 unspecified atom stereocenters. The molecule has 0 aromatic carbocycles. The fourth-order valence-electron chi connectivity index (χ4n) is 4.07. The zero-order valence-electron chi connectivity index (χ0n) is 13.8. The smallest absolute Gasteiger partial charge is 0.281 e. The first kappa shape index (κ1) is 16.6. The van der Waals surface area contributed by atoms with Crippen LogP contribution in [0.15, 0.2) is 0 Å². The molecule has 0 radical (unpaired) electrons. The van der Waals surface area contributed by atoms with Crippen LogP contribution in [0.2, 0.25) is 0 Å². The first-order valence-corrected chi connectivity index (χ1v) is 9.88. The third-order valence-electron chi connectivity index (χ3n) is 5.36. The van der Waals surface area contributed by atoms with Crippen LogP contribution in [0.5, 0.6) is 0 Å². The minimum atomic E-state index is -3.32. The minimum absolute atomic E-state index is 0.0586. The maximum absolute atomic E-state index is 12.3. The number of hydrogen-bond acceptors (Lipinski definition) is 4. The van der Waals surface area contributed by atoms with Gasteiger partial charge >= 0.3 is 0 Å². The first-order chi connectivity index (χ1) is 10.5. The SMILES string of the molecule is CN(C)S(=O)(=O)N1C[C@@H]2CN(CC3CCCC3)CCO[C@@H]2C1. The summed E-state index contributed by atoms with van der Waals surface area (Å²) in [6, 6.07) is 0. The fraction of sp³-hybridized carbons (Fsp3) is 1.00. The van der Waals surface area contributed by atoms with Gasteiger partial charge in [-0.15, -0.1) is 0 Å². The molecule has 0 bridgehead atoms. The summed E-state index contributed by atoms with van der Waals surface area (Å²) < 4.78 is 33.5. The molecule has 3 fully saturated rings. The van der Waals surface area contributed by atoms with Crippen molar-refractivity contribution in [1.29, 1.82) is 0 Å². The van der Waals surface area contributed by atoms with Crippen LogP contribution >= 0.6 is 0 Å². The van der Waals surface area contributed by atoms with Crippen LogP contribution in [0.4, 0.5) is 0 Å². The Labute approximate surface area is 134 Å². The second kappa shape index (κ2) is 6.73. The van der Waals surface area contributed by atoms with Crippen LogP contribution in [0.25, 0.3) is 0 Å². The molecule has 0 aromatic rings. The molecule has 2 aliphatic heterocycles. The van der Waals surface area contributed by atoms with Gasteiger partial charge in [-0.2, -0.15) is 17.0 Å². The van der Waals surface area contributed by atoms with Crippen molar-refractivity contribution in [2.45, 2.75) is 31.8 Å². The molecular weight excluding hydrogens is 302 g/mol. The first-order valence-electron chi connectivity index (χ1n) is 8.48. The van der Waals surface area contributed by atoms with Crippen molar-refractivity contribution in [1.82, 2.24) is 13.5 Å². The van der Waals surface area contributed by atoms with E-state index in [-0.39, 0.29) is 6.10 Å². The van der Waals surface area contributed by atoms with Gasteiger partial charge in [-0.1, -0.05) is 12.8 Å². The van der Waals surface area contributed by atoms with Crippen molar-refractivity contribution in [3.05, 3.63) is 0 Å². The quantitative estimate of drug-likeness (QED) is 0.758. The fourth-order valence-corrected chi connectivity index (χ4v) is 5.24. The summed E-state index contributed by atoms with van der Waals surface area (Å²) in [5.41, 5.74) is 0. The lowest BCUT2D eigenvalue weighted by molar-refractivity contribution is 0.0544. The molecule has 0 N–H and O–H groups in total. The third-order valence-corrected chi connectivity index (χ3v) is 7.23. The maximum Gasteiger partial charge on any atom is 0.281 e. The lowest BCUT2D eigenvalue weighted by Gasteiger charge is -2.26. The van der Waals surface area contributed by atoms with Gasteiger partial charge in [0.05, 0.1) is 12.7 Å². The van der Waals surface area contributed by atoms with Crippen molar-refractivity contribution in [3.63, 3.8) is 0 Å². The standard InChI is InChI=1S/C15H29N3O3S/c1-16(2)22(19,20)18-11-14-10-17(7-8-21-15(14)12-18)9-13-5-3-4-6-13/h13-15H,3-12H2,1-2H3/t14-,15+/m0/s1. The molecule has 3 rings (SSSR count). The second-order valence-corrected chi connectivity index (χ2v) is 9.33. The zero-order chi connectivity index (χ0) is 15.7.